The van der Waals surface area contributed by atoms with Crippen LogP contribution < -0.4 is 15.1 Å². The molecule has 2 aliphatic rings. The van der Waals surface area contributed by atoms with E-state index in [0.717, 1.165) is 16.9 Å². The number of furan rings is 1. The molecule has 6 rings (SSSR count). The lowest BCUT2D eigenvalue weighted by atomic mass is 9.87. The van der Waals surface area contributed by atoms with E-state index in [2.05, 4.69) is 5.32 Å². The van der Waals surface area contributed by atoms with Gasteiger partial charge in [0.1, 0.15) is 17.6 Å². The second-order valence-corrected chi connectivity index (χ2v) is 11.1. The van der Waals surface area contributed by atoms with Gasteiger partial charge in [0, 0.05) is 5.69 Å². The van der Waals surface area contributed by atoms with Crippen molar-refractivity contribution in [3.8, 4) is 0 Å². The van der Waals surface area contributed by atoms with Crippen molar-refractivity contribution in [3.63, 3.8) is 0 Å². The van der Waals surface area contributed by atoms with E-state index in [1.165, 1.54) is 27.5 Å². The number of imide groups is 1. The van der Waals surface area contributed by atoms with Crippen molar-refractivity contribution in [3.05, 3.63) is 98.9 Å². The Morgan fingerprint density at radius 3 is 2.43 bits per heavy atom. The second kappa shape index (κ2) is 9.20. The summed E-state index contributed by atoms with van der Waals surface area (Å²) in [5, 5.41) is 2.56. The fraction of sp³-hybridized carbons (Fsp3) is 0.185. The number of nitrogens with one attached hydrogen (secondary N) is 1. The van der Waals surface area contributed by atoms with Crippen LogP contribution in [0.1, 0.15) is 22.1 Å². The van der Waals surface area contributed by atoms with E-state index in [1.807, 2.05) is 25.1 Å². The van der Waals surface area contributed by atoms with Crippen molar-refractivity contribution in [2.45, 2.75) is 29.7 Å². The van der Waals surface area contributed by atoms with Gasteiger partial charge < -0.3 is 9.73 Å². The molecule has 10 heteroatoms. The number of aromatic nitrogens is 1. The number of hydrogen-bond donors (Lipinski definition) is 1. The Bertz CT molecular complexity index is 1560. The van der Waals surface area contributed by atoms with Gasteiger partial charge in [-0.3, -0.25) is 23.7 Å². The summed E-state index contributed by atoms with van der Waals surface area (Å²) in [5.41, 5.74) is 2.15. The SMILES string of the molecule is Cc1ccc(N2C(=O)[C@H]3[C@H](c4ccco4)c4sc(=O)n(CC(=O)Nc5ccccc5)c4S[C@H]3C2=O)cc1. The Morgan fingerprint density at radius 2 is 1.73 bits per heavy atom. The third-order valence-electron chi connectivity index (χ3n) is 6.55. The Kier molecular flexibility index (Phi) is 5.85. The average Bonchev–Trinajstić information content (AvgIpc) is 3.58. The van der Waals surface area contributed by atoms with Crippen LogP contribution in [0.4, 0.5) is 11.4 Å². The zero-order valence-corrected chi connectivity index (χ0v) is 21.3. The lowest BCUT2D eigenvalue weighted by molar-refractivity contribution is -0.122. The molecule has 37 heavy (non-hydrogen) atoms. The maximum Gasteiger partial charge on any atom is 0.308 e. The van der Waals surface area contributed by atoms with Gasteiger partial charge in [-0.1, -0.05) is 59.0 Å². The average molecular weight is 532 g/mol. The summed E-state index contributed by atoms with van der Waals surface area (Å²) in [7, 11) is 0. The van der Waals surface area contributed by atoms with Crippen LogP contribution in [0.5, 0.6) is 0 Å². The van der Waals surface area contributed by atoms with E-state index in [0.29, 0.717) is 27.0 Å². The van der Waals surface area contributed by atoms with E-state index >= 15 is 0 Å². The first-order valence-electron chi connectivity index (χ1n) is 11.7. The Hall–Kier alpha value is -3.89. The van der Waals surface area contributed by atoms with Crippen molar-refractivity contribution in [1.82, 2.24) is 4.57 Å². The molecular weight excluding hydrogens is 510 g/mol. The summed E-state index contributed by atoms with van der Waals surface area (Å²) in [6.07, 6.45) is 1.51. The summed E-state index contributed by atoms with van der Waals surface area (Å²) < 4.78 is 7.10. The fourth-order valence-electron chi connectivity index (χ4n) is 4.84. The van der Waals surface area contributed by atoms with Gasteiger partial charge in [0.05, 0.1) is 33.7 Å². The molecule has 0 unspecified atom stereocenters. The topological polar surface area (TPSA) is 102 Å². The summed E-state index contributed by atoms with van der Waals surface area (Å²) >= 11 is 2.16. The zero-order chi connectivity index (χ0) is 25.7. The predicted octanol–water partition coefficient (Wildman–Crippen LogP) is 4.25. The lowest BCUT2D eigenvalue weighted by Gasteiger charge is -2.29. The number of fused-ring (bicyclic) bond motifs is 2. The number of thioether (sulfide) groups is 1. The number of carbonyl (C=O) groups excluding carboxylic acids is 3. The first-order chi connectivity index (χ1) is 17.9. The number of para-hydroxylation sites is 1. The minimum atomic E-state index is -0.756. The summed E-state index contributed by atoms with van der Waals surface area (Å²) in [5.74, 6) is -1.87. The minimum Gasteiger partial charge on any atom is -0.469 e. The monoisotopic (exact) mass is 531 g/mol. The first-order valence-corrected chi connectivity index (χ1v) is 13.3. The number of anilines is 2. The van der Waals surface area contributed by atoms with Crippen molar-refractivity contribution < 1.29 is 18.8 Å². The quantitative estimate of drug-likeness (QED) is 0.387. The highest BCUT2D eigenvalue weighted by Crippen LogP contribution is 2.53. The van der Waals surface area contributed by atoms with Crippen LogP contribution in [-0.2, 0) is 20.9 Å². The number of benzene rings is 2. The molecule has 4 heterocycles. The van der Waals surface area contributed by atoms with Gasteiger partial charge in [-0.25, -0.2) is 4.90 Å². The normalized spacial score (nSPS) is 20.6. The van der Waals surface area contributed by atoms with Crippen LogP contribution >= 0.6 is 23.1 Å². The number of amides is 3. The van der Waals surface area contributed by atoms with Gasteiger partial charge >= 0.3 is 4.87 Å². The molecule has 2 aromatic carbocycles. The molecule has 0 aliphatic carbocycles. The van der Waals surface area contributed by atoms with Gasteiger partial charge in [0.15, 0.2) is 0 Å². The zero-order valence-electron chi connectivity index (χ0n) is 19.6. The highest BCUT2D eigenvalue weighted by Gasteiger charge is 2.57. The largest absolute Gasteiger partial charge is 0.469 e. The van der Waals surface area contributed by atoms with E-state index in [-0.39, 0.29) is 29.1 Å². The third kappa shape index (κ3) is 4.02. The third-order valence-corrected chi connectivity index (χ3v) is 9.15. The molecule has 0 spiro atoms. The lowest BCUT2D eigenvalue weighted by Crippen LogP contribution is -2.32. The molecule has 1 N–H and O–H groups in total. The smallest absolute Gasteiger partial charge is 0.308 e. The van der Waals surface area contributed by atoms with Crippen LogP contribution in [0.3, 0.4) is 0 Å². The number of nitrogens with zero attached hydrogens (tertiary/aromatic N) is 2. The standard InChI is InChI=1S/C27H21N3O5S2/c1-15-9-11-17(12-10-15)30-24(32)21-20(18-8-5-13-35-18)23-26(36-22(21)25(30)33)29(27(34)37-23)14-19(31)28-16-6-3-2-4-7-16/h2-13,20-22H,14H2,1H3,(H,28,31)/t20-,21-,22+/m0/s1. The highest BCUT2D eigenvalue weighted by atomic mass is 32.2. The van der Waals surface area contributed by atoms with Gasteiger partial charge in [-0.2, -0.15) is 0 Å². The molecule has 186 valence electrons. The van der Waals surface area contributed by atoms with Gasteiger partial charge in [0.25, 0.3) is 0 Å². The molecule has 0 saturated carbocycles. The van der Waals surface area contributed by atoms with Crippen molar-refractivity contribution in [2.75, 3.05) is 10.2 Å². The van der Waals surface area contributed by atoms with Crippen molar-refractivity contribution in [2.24, 2.45) is 5.92 Å². The predicted molar refractivity (Wildman–Crippen MR) is 141 cm³/mol. The van der Waals surface area contributed by atoms with E-state index in [1.54, 1.807) is 48.5 Å². The van der Waals surface area contributed by atoms with Crippen LogP contribution in [-0.4, -0.2) is 27.5 Å². The molecule has 3 amide bonds. The van der Waals surface area contributed by atoms with E-state index in [4.69, 9.17) is 4.42 Å². The highest BCUT2D eigenvalue weighted by molar-refractivity contribution is 8.00. The maximum absolute atomic E-state index is 13.7. The molecule has 1 saturated heterocycles. The van der Waals surface area contributed by atoms with E-state index in [9.17, 15) is 19.2 Å². The fourth-order valence-corrected chi connectivity index (χ4v) is 7.60. The van der Waals surface area contributed by atoms with Gasteiger partial charge in [-0.15, -0.1) is 0 Å². The molecular formula is C27H21N3O5S2. The van der Waals surface area contributed by atoms with Crippen molar-refractivity contribution in [1.29, 1.82) is 0 Å². The summed E-state index contributed by atoms with van der Waals surface area (Å²) in [6.45, 7) is 1.73. The first kappa shape index (κ1) is 23.5. The van der Waals surface area contributed by atoms with Crippen LogP contribution in [0, 0.1) is 12.8 Å². The maximum atomic E-state index is 13.7. The Balaban J connectivity index is 1.39. The summed E-state index contributed by atoms with van der Waals surface area (Å²) in [4.78, 5) is 54.8. The molecule has 0 radical (unpaired) electrons. The second-order valence-electron chi connectivity index (χ2n) is 8.94. The van der Waals surface area contributed by atoms with Crippen LogP contribution in [0.2, 0.25) is 0 Å². The molecule has 8 nitrogen and oxygen atoms in total. The molecule has 2 aromatic heterocycles. The number of carbonyl (C=O) groups is 3. The molecule has 0 bridgehead atoms. The molecule has 3 atom stereocenters. The van der Waals surface area contributed by atoms with Crippen molar-refractivity contribution >= 4 is 52.2 Å². The molecule has 1 fully saturated rings. The number of aryl methyl sites for hydroxylation is 1. The van der Waals surface area contributed by atoms with Crippen LogP contribution in [0.25, 0.3) is 0 Å². The van der Waals surface area contributed by atoms with Gasteiger partial charge in [0.2, 0.25) is 17.7 Å². The number of thiazole rings is 1. The van der Waals surface area contributed by atoms with Crippen LogP contribution in [0.15, 0.2) is 87.2 Å². The molecule has 4 aromatic rings. The Morgan fingerprint density at radius 1 is 0.973 bits per heavy atom. The number of rotatable bonds is 5. The summed E-state index contributed by atoms with van der Waals surface area (Å²) in [6, 6.07) is 19.7. The van der Waals surface area contributed by atoms with Gasteiger partial charge in [-0.05, 0) is 43.3 Å². The number of hydrogen-bond acceptors (Lipinski definition) is 7. The minimum absolute atomic E-state index is 0.210. The molecule has 2 aliphatic heterocycles. The Labute approximate surface area is 219 Å². The van der Waals surface area contributed by atoms with E-state index < -0.39 is 17.1 Å².